The maximum absolute atomic E-state index is 12.6. The Bertz CT molecular complexity index is 1050. The summed E-state index contributed by atoms with van der Waals surface area (Å²) in [5, 5.41) is 4.29. The van der Waals surface area contributed by atoms with Crippen molar-refractivity contribution < 1.29 is 14.3 Å². The van der Waals surface area contributed by atoms with Crippen LogP contribution in [0.2, 0.25) is 0 Å². The molecule has 0 saturated heterocycles. The number of hydrogen-bond acceptors (Lipinski definition) is 5. The Balaban J connectivity index is 1.78. The van der Waals surface area contributed by atoms with Gasteiger partial charge in [0.15, 0.2) is 5.78 Å². The Hall–Kier alpha value is -2.86. The third kappa shape index (κ3) is 4.34. The first-order valence-electron chi connectivity index (χ1n) is 8.92. The molecule has 1 amide bonds. The number of aryl methyl sites for hydroxylation is 1. The van der Waals surface area contributed by atoms with E-state index in [9.17, 15) is 9.59 Å². The van der Waals surface area contributed by atoms with Crippen LogP contribution < -0.4 is 10.1 Å². The highest BCUT2D eigenvalue weighted by Gasteiger charge is 2.17. The van der Waals surface area contributed by atoms with Crippen LogP contribution in [0.4, 0.5) is 5.69 Å². The first-order valence-corrected chi connectivity index (χ1v) is 9.80. The van der Waals surface area contributed by atoms with Gasteiger partial charge in [-0.15, -0.1) is 0 Å². The van der Waals surface area contributed by atoms with Gasteiger partial charge in [0.05, 0.1) is 17.4 Å². The number of ether oxygens (including phenoxy) is 1. The molecular weight excluding hydrogens is 372 g/mol. The number of aromatic nitrogens is 1. The summed E-state index contributed by atoms with van der Waals surface area (Å²) in [7, 11) is 1.62. The van der Waals surface area contributed by atoms with E-state index >= 15 is 0 Å². The lowest BCUT2D eigenvalue weighted by Gasteiger charge is -2.14. The van der Waals surface area contributed by atoms with Crippen molar-refractivity contribution in [2.24, 2.45) is 0 Å². The third-order valence-corrected chi connectivity index (χ3v) is 5.43. The number of carbonyl (C=O) groups excluding carboxylic acids is 2. The van der Waals surface area contributed by atoms with Crippen molar-refractivity contribution in [3.8, 4) is 5.75 Å². The standard InChI is InChI=1S/C22H22N2O3S/c1-13-11-20(24-21-18(13)9-6-10-19(21)27-4)28-15(3)22(26)23-17-8-5-7-16(12-17)14(2)25/h5-12,15H,1-4H3,(H,23,26). The van der Waals surface area contributed by atoms with Crippen LogP contribution in [0.1, 0.15) is 29.8 Å². The normalized spacial score (nSPS) is 11.9. The lowest BCUT2D eigenvalue weighted by molar-refractivity contribution is -0.115. The molecule has 1 heterocycles. The Morgan fingerprint density at radius 1 is 1.14 bits per heavy atom. The quantitative estimate of drug-likeness (QED) is 0.477. The number of pyridine rings is 1. The minimum absolute atomic E-state index is 0.0386. The second-order valence-corrected chi connectivity index (χ2v) is 7.88. The molecule has 1 aromatic heterocycles. The number of carbonyl (C=O) groups is 2. The van der Waals surface area contributed by atoms with Gasteiger partial charge in [0.2, 0.25) is 5.91 Å². The number of para-hydroxylation sites is 1. The molecule has 0 spiro atoms. The van der Waals surface area contributed by atoms with Crippen LogP contribution in [0.5, 0.6) is 5.75 Å². The second-order valence-electron chi connectivity index (χ2n) is 6.52. The number of Topliss-reactive ketones (excluding diaryl/α,β-unsaturated/α-hetero) is 1. The smallest absolute Gasteiger partial charge is 0.237 e. The van der Waals surface area contributed by atoms with Crippen LogP contribution in [0, 0.1) is 6.92 Å². The number of fused-ring (bicyclic) bond motifs is 1. The van der Waals surface area contributed by atoms with E-state index in [0.717, 1.165) is 21.5 Å². The Morgan fingerprint density at radius 3 is 2.61 bits per heavy atom. The SMILES string of the molecule is COc1cccc2c(C)cc(SC(C)C(=O)Nc3cccc(C(C)=O)c3)nc12. The van der Waals surface area contributed by atoms with Gasteiger partial charge in [0.1, 0.15) is 11.3 Å². The predicted octanol–water partition coefficient (Wildman–Crippen LogP) is 4.87. The molecule has 0 aliphatic rings. The Kier molecular flexibility index (Phi) is 5.99. The zero-order valence-electron chi connectivity index (χ0n) is 16.3. The number of nitrogens with zero attached hydrogens (tertiary/aromatic N) is 1. The molecule has 3 rings (SSSR count). The van der Waals surface area contributed by atoms with E-state index in [0.29, 0.717) is 17.0 Å². The first kappa shape index (κ1) is 19.9. The number of ketones is 1. The molecule has 5 nitrogen and oxygen atoms in total. The van der Waals surface area contributed by atoms with Crippen LogP contribution in [0.15, 0.2) is 53.6 Å². The minimum atomic E-state index is -0.361. The molecule has 0 saturated carbocycles. The number of methoxy groups -OCH3 is 1. The number of hydrogen-bond donors (Lipinski definition) is 1. The summed E-state index contributed by atoms with van der Waals surface area (Å²) < 4.78 is 5.42. The highest BCUT2D eigenvalue weighted by atomic mass is 32.2. The van der Waals surface area contributed by atoms with Crippen LogP contribution in [-0.4, -0.2) is 29.0 Å². The van der Waals surface area contributed by atoms with Crippen LogP contribution in [0.25, 0.3) is 10.9 Å². The number of benzene rings is 2. The maximum atomic E-state index is 12.6. The van der Waals surface area contributed by atoms with Crippen molar-refractivity contribution in [2.75, 3.05) is 12.4 Å². The predicted molar refractivity (Wildman–Crippen MR) is 113 cm³/mol. The van der Waals surface area contributed by atoms with Gasteiger partial charge < -0.3 is 10.1 Å². The maximum Gasteiger partial charge on any atom is 0.237 e. The molecule has 3 aromatic rings. The summed E-state index contributed by atoms with van der Waals surface area (Å²) in [6, 6.07) is 14.7. The fourth-order valence-corrected chi connectivity index (χ4v) is 3.80. The average Bonchev–Trinajstić information content (AvgIpc) is 2.67. The molecule has 28 heavy (non-hydrogen) atoms. The summed E-state index contributed by atoms with van der Waals surface area (Å²) in [6.45, 7) is 5.35. The van der Waals surface area contributed by atoms with E-state index in [-0.39, 0.29) is 16.9 Å². The van der Waals surface area contributed by atoms with Crippen molar-refractivity contribution >= 4 is 40.0 Å². The van der Waals surface area contributed by atoms with E-state index < -0.39 is 0 Å². The van der Waals surface area contributed by atoms with Crippen molar-refractivity contribution in [1.82, 2.24) is 4.98 Å². The monoisotopic (exact) mass is 394 g/mol. The highest BCUT2D eigenvalue weighted by Crippen LogP contribution is 2.31. The third-order valence-electron chi connectivity index (χ3n) is 4.41. The molecule has 6 heteroatoms. The van der Waals surface area contributed by atoms with Crippen molar-refractivity contribution in [1.29, 1.82) is 0 Å². The summed E-state index contributed by atoms with van der Waals surface area (Å²) in [5.74, 6) is 0.523. The minimum Gasteiger partial charge on any atom is -0.494 e. The van der Waals surface area contributed by atoms with E-state index in [1.807, 2.05) is 38.1 Å². The number of amides is 1. The van der Waals surface area contributed by atoms with Gasteiger partial charge in [-0.25, -0.2) is 4.98 Å². The summed E-state index contributed by atoms with van der Waals surface area (Å²) >= 11 is 1.38. The van der Waals surface area contributed by atoms with E-state index in [1.54, 1.807) is 31.4 Å². The molecule has 0 radical (unpaired) electrons. The van der Waals surface area contributed by atoms with Crippen LogP contribution in [0.3, 0.4) is 0 Å². The summed E-state index contributed by atoms with van der Waals surface area (Å²) in [5.41, 5.74) is 3.04. The molecule has 0 aliphatic heterocycles. The van der Waals surface area contributed by atoms with Crippen LogP contribution in [-0.2, 0) is 4.79 Å². The molecule has 1 atom stereocenters. The Labute approximate surface area is 168 Å². The molecule has 0 aliphatic carbocycles. The van der Waals surface area contributed by atoms with Crippen LogP contribution >= 0.6 is 11.8 Å². The lowest BCUT2D eigenvalue weighted by atomic mass is 10.1. The van der Waals surface area contributed by atoms with Gasteiger partial charge >= 0.3 is 0 Å². The lowest BCUT2D eigenvalue weighted by Crippen LogP contribution is -2.22. The van der Waals surface area contributed by atoms with Gasteiger partial charge in [-0.3, -0.25) is 9.59 Å². The summed E-state index contributed by atoms with van der Waals surface area (Å²) in [6.07, 6.45) is 0. The molecular formula is C22H22N2O3S. The van der Waals surface area contributed by atoms with E-state index in [2.05, 4.69) is 10.3 Å². The van der Waals surface area contributed by atoms with E-state index in [1.165, 1.54) is 18.7 Å². The number of rotatable bonds is 6. The fourth-order valence-electron chi connectivity index (χ4n) is 2.88. The first-order chi connectivity index (χ1) is 13.4. The van der Waals surface area contributed by atoms with E-state index in [4.69, 9.17) is 4.74 Å². The molecule has 1 N–H and O–H groups in total. The van der Waals surface area contributed by atoms with Crippen molar-refractivity contribution in [3.05, 3.63) is 59.7 Å². The second kappa shape index (κ2) is 8.44. The molecule has 0 fully saturated rings. The number of anilines is 1. The van der Waals surface area contributed by atoms with Gasteiger partial charge in [-0.1, -0.05) is 36.0 Å². The Morgan fingerprint density at radius 2 is 1.89 bits per heavy atom. The van der Waals surface area contributed by atoms with Gasteiger partial charge in [0.25, 0.3) is 0 Å². The van der Waals surface area contributed by atoms with Crippen molar-refractivity contribution in [3.63, 3.8) is 0 Å². The number of thioether (sulfide) groups is 1. The molecule has 144 valence electrons. The fraction of sp³-hybridized carbons (Fsp3) is 0.227. The topological polar surface area (TPSA) is 68.3 Å². The van der Waals surface area contributed by atoms with Crippen molar-refractivity contribution in [2.45, 2.75) is 31.0 Å². The summed E-state index contributed by atoms with van der Waals surface area (Å²) in [4.78, 5) is 28.8. The molecule has 2 aromatic carbocycles. The zero-order valence-corrected chi connectivity index (χ0v) is 17.1. The zero-order chi connectivity index (χ0) is 20.3. The van der Waals surface area contributed by atoms with Gasteiger partial charge in [-0.05, 0) is 50.6 Å². The largest absolute Gasteiger partial charge is 0.494 e. The molecule has 1 unspecified atom stereocenters. The van der Waals surface area contributed by atoms with Gasteiger partial charge in [0, 0.05) is 16.6 Å². The van der Waals surface area contributed by atoms with Gasteiger partial charge in [-0.2, -0.15) is 0 Å². The number of nitrogens with one attached hydrogen (secondary N) is 1. The molecule has 0 bridgehead atoms. The average molecular weight is 394 g/mol. The highest BCUT2D eigenvalue weighted by molar-refractivity contribution is 8.00.